The van der Waals surface area contributed by atoms with Gasteiger partial charge in [0.25, 0.3) is 5.91 Å². The van der Waals surface area contributed by atoms with E-state index in [0.717, 1.165) is 5.56 Å². The van der Waals surface area contributed by atoms with Gasteiger partial charge in [0, 0.05) is 19.0 Å². The highest BCUT2D eigenvalue weighted by atomic mass is 32.1. The number of aromatic amines is 1. The molecule has 0 aliphatic heterocycles. The maximum absolute atomic E-state index is 12.5. The van der Waals surface area contributed by atoms with Gasteiger partial charge < -0.3 is 4.90 Å². The molecule has 1 N–H and O–H groups in total. The van der Waals surface area contributed by atoms with E-state index in [-0.39, 0.29) is 5.91 Å². The zero-order valence-corrected chi connectivity index (χ0v) is 13.1. The first-order valence-electron chi connectivity index (χ1n) is 6.76. The smallest absolute Gasteiger partial charge is 0.273 e. The molecular formula is C15H15N5OS. The average molecular weight is 313 g/mol. The predicted octanol–water partition coefficient (Wildman–Crippen LogP) is 2.51. The van der Waals surface area contributed by atoms with Crippen LogP contribution in [0.2, 0.25) is 0 Å². The molecule has 0 saturated heterocycles. The minimum atomic E-state index is -0.106. The molecule has 0 spiro atoms. The van der Waals surface area contributed by atoms with Gasteiger partial charge in [-0.25, -0.2) is 9.97 Å². The van der Waals surface area contributed by atoms with Crippen LogP contribution in [0.15, 0.2) is 36.0 Å². The van der Waals surface area contributed by atoms with E-state index in [2.05, 4.69) is 20.2 Å². The molecule has 0 fully saturated rings. The number of carbonyl (C=O) groups is 1. The fourth-order valence-electron chi connectivity index (χ4n) is 2.10. The van der Waals surface area contributed by atoms with Gasteiger partial charge in [-0.15, -0.1) is 11.3 Å². The van der Waals surface area contributed by atoms with Crippen LogP contribution < -0.4 is 0 Å². The number of rotatable bonds is 4. The van der Waals surface area contributed by atoms with Crippen LogP contribution in [0, 0.1) is 6.92 Å². The maximum Gasteiger partial charge on any atom is 0.273 e. The Morgan fingerprint density at radius 3 is 2.91 bits per heavy atom. The van der Waals surface area contributed by atoms with Gasteiger partial charge >= 0.3 is 0 Å². The van der Waals surface area contributed by atoms with E-state index in [1.54, 1.807) is 17.3 Å². The summed E-state index contributed by atoms with van der Waals surface area (Å²) in [6, 6.07) is 8.04. The van der Waals surface area contributed by atoms with Gasteiger partial charge in [-0.2, -0.15) is 5.10 Å². The summed E-state index contributed by atoms with van der Waals surface area (Å²) in [4.78, 5) is 22.5. The number of aryl methyl sites for hydroxylation is 1. The van der Waals surface area contributed by atoms with Crippen LogP contribution in [0.4, 0.5) is 0 Å². The van der Waals surface area contributed by atoms with Gasteiger partial charge in [0.1, 0.15) is 12.0 Å². The van der Waals surface area contributed by atoms with E-state index in [1.165, 1.54) is 23.2 Å². The van der Waals surface area contributed by atoms with Crippen molar-refractivity contribution in [3.8, 4) is 10.8 Å². The summed E-state index contributed by atoms with van der Waals surface area (Å²) in [7, 11) is 1.78. The second kappa shape index (κ2) is 6.07. The number of hydrogen-bond acceptors (Lipinski definition) is 5. The first kappa shape index (κ1) is 14.4. The largest absolute Gasteiger partial charge is 0.336 e. The molecule has 3 aromatic rings. The fraction of sp³-hybridized carbons (Fsp3) is 0.200. The minimum Gasteiger partial charge on any atom is -0.336 e. The van der Waals surface area contributed by atoms with Crippen molar-refractivity contribution in [2.75, 3.05) is 7.05 Å². The molecule has 1 amide bonds. The van der Waals surface area contributed by atoms with Crippen LogP contribution >= 0.6 is 11.3 Å². The van der Waals surface area contributed by atoms with Gasteiger partial charge in [-0.1, -0.05) is 24.3 Å². The first-order chi connectivity index (χ1) is 10.6. The lowest BCUT2D eigenvalue weighted by atomic mass is 10.1. The molecule has 22 heavy (non-hydrogen) atoms. The van der Waals surface area contributed by atoms with Crippen LogP contribution in [0.25, 0.3) is 10.8 Å². The Labute approximate surface area is 131 Å². The van der Waals surface area contributed by atoms with E-state index in [1.807, 2.05) is 31.2 Å². The molecule has 112 valence electrons. The number of H-pyrrole nitrogens is 1. The maximum atomic E-state index is 12.5. The van der Waals surface area contributed by atoms with Crippen molar-refractivity contribution < 1.29 is 4.79 Å². The lowest BCUT2D eigenvalue weighted by molar-refractivity contribution is 0.0780. The monoisotopic (exact) mass is 313 g/mol. The fourth-order valence-corrected chi connectivity index (χ4v) is 2.84. The number of hydrogen-bond donors (Lipinski definition) is 1. The minimum absolute atomic E-state index is 0.106. The van der Waals surface area contributed by atoms with Crippen molar-refractivity contribution in [3.05, 3.63) is 52.8 Å². The van der Waals surface area contributed by atoms with E-state index in [9.17, 15) is 4.79 Å². The number of nitrogens with zero attached hydrogens (tertiary/aromatic N) is 4. The van der Waals surface area contributed by atoms with Crippen LogP contribution in [-0.4, -0.2) is 38.0 Å². The number of benzene rings is 1. The van der Waals surface area contributed by atoms with Crippen LogP contribution in [-0.2, 0) is 6.54 Å². The average Bonchev–Trinajstić information content (AvgIpc) is 3.19. The Morgan fingerprint density at radius 2 is 2.18 bits per heavy atom. The first-order valence-corrected chi connectivity index (χ1v) is 7.64. The Kier molecular flexibility index (Phi) is 3.97. The summed E-state index contributed by atoms with van der Waals surface area (Å²) < 4.78 is 0. The molecule has 0 aliphatic rings. The highest BCUT2D eigenvalue weighted by molar-refractivity contribution is 7.13. The van der Waals surface area contributed by atoms with Crippen molar-refractivity contribution in [1.29, 1.82) is 0 Å². The molecule has 6 nitrogen and oxygen atoms in total. The highest BCUT2D eigenvalue weighted by Crippen LogP contribution is 2.20. The molecule has 7 heteroatoms. The van der Waals surface area contributed by atoms with Crippen molar-refractivity contribution >= 4 is 17.2 Å². The van der Waals surface area contributed by atoms with Crippen LogP contribution in [0.5, 0.6) is 0 Å². The van der Waals surface area contributed by atoms with Gasteiger partial charge in [0.15, 0.2) is 10.8 Å². The van der Waals surface area contributed by atoms with Crippen molar-refractivity contribution in [1.82, 2.24) is 25.1 Å². The third-order valence-electron chi connectivity index (χ3n) is 3.36. The Bertz CT molecular complexity index is 781. The number of thiazole rings is 1. The molecule has 0 unspecified atom stereocenters. The standard InChI is InChI=1S/C15H15N5OS/c1-10-5-3-4-6-11(10)7-20(2)15(21)12-8-22-14(18-12)13-16-9-17-19-13/h3-6,8-9H,7H2,1-2H3,(H,16,17,19). The molecular weight excluding hydrogens is 298 g/mol. The normalized spacial score (nSPS) is 10.6. The summed E-state index contributed by atoms with van der Waals surface area (Å²) in [5.41, 5.74) is 2.72. The number of amides is 1. The van der Waals surface area contributed by atoms with E-state index in [0.29, 0.717) is 23.1 Å². The Morgan fingerprint density at radius 1 is 1.36 bits per heavy atom. The SMILES string of the molecule is Cc1ccccc1CN(C)C(=O)c1csc(-c2ncn[nH]2)n1. The number of aromatic nitrogens is 4. The Balaban J connectivity index is 1.75. The predicted molar refractivity (Wildman–Crippen MR) is 84.5 cm³/mol. The van der Waals surface area contributed by atoms with Gasteiger partial charge in [0.2, 0.25) is 0 Å². The third kappa shape index (κ3) is 2.89. The molecule has 0 atom stereocenters. The molecule has 0 saturated carbocycles. The van der Waals surface area contributed by atoms with Crippen molar-refractivity contribution in [3.63, 3.8) is 0 Å². The molecule has 0 aliphatic carbocycles. The van der Waals surface area contributed by atoms with Gasteiger partial charge in [-0.05, 0) is 18.1 Å². The van der Waals surface area contributed by atoms with E-state index in [4.69, 9.17) is 0 Å². The molecule has 0 radical (unpaired) electrons. The highest BCUT2D eigenvalue weighted by Gasteiger charge is 2.17. The quantitative estimate of drug-likeness (QED) is 0.803. The van der Waals surface area contributed by atoms with Crippen LogP contribution in [0.1, 0.15) is 21.6 Å². The van der Waals surface area contributed by atoms with Crippen LogP contribution in [0.3, 0.4) is 0 Å². The zero-order valence-electron chi connectivity index (χ0n) is 12.3. The van der Waals surface area contributed by atoms with Gasteiger partial charge in [0.05, 0.1) is 0 Å². The number of carbonyl (C=O) groups excluding carboxylic acids is 1. The summed E-state index contributed by atoms with van der Waals surface area (Å²) in [5, 5.41) is 8.93. The summed E-state index contributed by atoms with van der Waals surface area (Å²) in [6.07, 6.45) is 1.42. The molecule has 3 rings (SSSR count). The zero-order chi connectivity index (χ0) is 15.5. The molecule has 2 heterocycles. The third-order valence-corrected chi connectivity index (χ3v) is 4.21. The summed E-state index contributed by atoms with van der Waals surface area (Å²) in [6.45, 7) is 2.60. The molecule has 0 bridgehead atoms. The van der Waals surface area contributed by atoms with E-state index >= 15 is 0 Å². The van der Waals surface area contributed by atoms with Crippen molar-refractivity contribution in [2.24, 2.45) is 0 Å². The molecule has 2 aromatic heterocycles. The lowest BCUT2D eigenvalue weighted by Crippen LogP contribution is -2.26. The van der Waals surface area contributed by atoms with E-state index < -0.39 is 0 Å². The summed E-state index contributed by atoms with van der Waals surface area (Å²) in [5.74, 6) is 0.468. The second-order valence-corrected chi connectivity index (χ2v) is 5.82. The molecule has 1 aromatic carbocycles. The lowest BCUT2D eigenvalue weighted by Gasteiger charge is -2.17. The summed E-state index contributed by atoms with van der Waals surface area (Å²) >= 11 is 1.37. The van der Waals surface area contributed by atoms with Crippen molar-refractivity contribution in [2.45, 2.75) is 13.5 Å². The topological polar surface area (TPSA) is 74.8 Å². The Hall–Kier alpha value is -2.54. The second-order valence-electron chi connectivity index (χ2n) is 4.96. The van der Waals surface area contributed by atoms with Gasteiger partial charge in [-0.3, -0.25) is 9.89 Å². The number of nitrogens with one attached hydrogen (secondary N) is 1.